The molecule has 11 heteroatoms. The maximum absolute atomic E-state index is 12.8. The monoisotopic (exact) mass is 550 g/mol. The molecule has 1 aliphatic heterocycles. The second-order valence-corrected chi connectivity index (χ2v) is 11.1. The third-order valence-corrected chi connectivity index (χ3v) is 8.38. The number of hydrogen-bond donors (Lipinski definition) is 4. The molecule has 3 aromatic heterocycles. The molecule has 0 saturated heterocycles. The normalized spacial score (nSPS) is 12.9. The van der Waals surface area contributed by atoms with Crippen molar-refractivity contribution < 1.29 is 14.3 Å². The van der Waals surface area contributed by atoms with Crippen molar-refractivity contribution in [3.8, 4) is 21.7 Å². The van der Waals surface area contributed by atoms with E-state index in [1.807, 2.05) is 24.3 Å². The molecule has 0 radical (unpaired) electrons. The van der Waals surface area contributed by atoms with Gasteiger partial charge in [-0.2, -0.15) is 0 Å². The lowest BCUT2D eigenvalue weighted by Gasteiger charge is -2.13. The molecule has 0 fully saturated rings. The fourth-order valence-corrected chi connectivity index (χ4v) is 6.79. The smallest absolute Gasteiger partial charge is 0.226 e. The molecule has 4 N–H and O–H groups in total. The fraction of sp³-hybridized carbons (Fsp3) is 0.333. The lowest BCUT2D eigenvalue weighted by Crippen LogP contribution is -2.24. The number of fused-ring (bicyclic) bond motifs is 2. The molecule has 0 bridgehead atoms. The van der Waals surface area contributed by atoms with Gasteiger partial charge in [-0.05, 0) is 53.9 Å². The SMILES string of the molecule is COCCNCCC(=O)Nc1sc2c(c1-c1nc3ccc(-c4ccnc(NC(C)=O)c4)cc3s1)CCNC2. The summed E-state index contributed by atoms with van der Waals surface area (Å²) in [4.78, 5) is 34.7. The fourth-order valence-electron chi connectivity index (χ4n) is 4.41. The number of nitrogens with one attached hydrogen (secondary N) is 4. The van der Waals surface area contributed by atoms with E-state index >= 15 is 0 Å². The molecular formula is C27H30N6O3S2. The molecule has 38 heavy (non-hydrogen) atoms. The molecule has 0 saturated carbocycles. The van der Waals surface area contributed by atoms with Crippen molar-refractivity contribution in [2.45, 2.75) is 26.3 Å². The number of benzene rings is 1. The van der Waals surface area contributed by atoms with Gasteiger partial charge in [0.2, 0.25) is 11.8 Å². The summed E-state index contributed by atoms with van der Waals surface area (Å²) in [6, 6.07) is 9.96. The van der Waals surface area contributed by atoms with Crippen LogP contribution < -0.4 is 21.3 Å². The van der Waals surface area contributed by atoms with Crippen LogP contribution in [0.4, 0.5) is 10.8 Å². The van der Waals surface area contributed by atoms with Crippen LogP contribution >= 0.6 is 22.7 Å². The van der Waals surface area contributed by atoms with Gasteiger partial charge in [0.25, 0.3) is 0 Å². The quantitative estimate of drug-likeness (QED) is 0.218. The highest BCUT2D eigenvalue weighted by Gasteiger charge is 2.25. The van der Waals surface area contributed by atoms with E-state index in [9.17, 15) is 9.59 Å². The first-order valence-electron chi connectivity index (χ1n) is 12.5. The highest BCUT2D eigenvalue weighted by atomic mass is 32.1. The molecule has 9 nitrogen and oxygen atoms in total. The van der Waals surface area contributed by atoms with Gasteiger partial charge < -0.3 is 26.0 Å². The number of carbonyl (C=O) groups is 2. The summed E-state index contributed by atoms with van der Waals surface area (Å²) >= 11 is 3.27. The zero-order chi connectivity index (χ0) is 26.5. The molecule has 0 spiro atoms. The summed E-state index contributed by atoms with van der Waals surface area (Å²) in [6.45, 7) is 5.11. The van der Waals surface area contributed by atoms with Gasteiger partial charge in [-0.15, -0.1) is 22.7 Å². The van der Waals surface area contributed by atoms with Crippen molar-refractivity contribution in [3.63, 3.8) is 0 Å². The first-order chi connectivity index (χ1) is 18.5. The number of ether oxygens (including phenoxy) is 1. The van der Waals surface area contributed by atoms with E-state index in [4.69, 9.17) is 9.72 Å². The third-order valence-electron chi connectivity index (χ3n) is 6.19. The van der Waals surface area contributed by atoms with Crippen molar-refractivity contribution in [2.75, 3.05) is 44.0 Å². The molecule has 1 aliphatic rings. The minimum atomic E-state index is -0.156. The predicted molar refractivity (Wildman–Crippen MR) is 154 cm³/mol. The number of aromatic nitrogens is 2. The average Bonchev–Trinajstić information content (AvgIpc) is 3.48. The van der Waals surface area contributed by atoms with Crippen molar-refractivity contribution in [1.29, 1.82) is 0 Å². The first-order valence-corrected chi connectivity index (χ1v) is 14.1. The number of amides is 2. The topological polar surface area (TPSA) is 117 Å². The van der Waals surface area contributed by atoms with Gasteiger partial charge in [-0.3, -0.25) is 9.59 Å². The minimum Gasteiger partial charge on any atom is -0.383 e. The number of carbonyl (C=O) groups excluding carboxylic acids is 2. The number of rotatable bonds is 10. The highest BCUT2D eigenvalue weighted by Crippen LogP contribution is 2.45. The van der Waals surface area contributed by atoms with Gasteiger partial charge >= 0.3 is 0 Å². The van der Waals surface area contributed by atoms with Crippen LogP contribution in [0.3, 0.4) is 0 Å². The van der Waals surface area contributed by atoms with Crippen molar-refractivity contribution in [2.24, 2.45) is 0 Å². The van der Waals surface area contributed by atoms with Crippen LogP contribution in [0.25, 0.3) is 31.9 Å². The molecule has 0 aliphatic carbocycles. The van der Waals surface area contributed by atoms with Crippen molar-refractivity contribution in [3.05, 3.63) is 47.0 Å². The van der Waals surface area contributed by atoms with Crippen LogP contribution in [-0.4, -0.2) is 55.1 Å². The number of methoxy groups -OCH3 is 1. The maximum Gasteiger partial charge on any atom is 0.226 e. The average molecular weight is 551 g/mol. The van der Waals surface area contributed by atoms with Gasteiger partial charge in [0.05, 0.1) is 16.8 Å². The van der Waals surface area contributed by atoms with Crippen molar-refractivity contribution >= 4 is 55.5 Å². The van der Waals surface area contributed by atoms with E-state index in [0.29, 0.717) is 25.4 Å². The van der Waals surface area contributed by atoms with Gasteiger partial charge in [0, 0.05) is 56.7 Å². The second-order valence-electron chi connectivity index (χ2n) is 8.99. The molecule has 2 amide bonds. The van der Waals surface area contributed by atoms with E-state index in [2.05, 4.69) is 32.3 Å². The van der Waals surface area contributed by atoms with Gasteiger partial charge in [-0.25, -0.2) is 9.97 Å². The summed E-state index contributed by atoms with van der Waals surface area (Å²) in [5.74, 6) is 0.350. The first kappa shape index (κ1) is 26.4. The molecular weight excluding hydrogens is 520 g/mol. The van der Waals surface area contributed by atoms with E-state index in [1.165, 1.54) is 17.4 Å². The number of nitrogens with zero attached hydrogens (tertiary/aromatic N) is 2. The van der Waals surface area contributed by atoms with Crippen molar-refractivity contribution in [1.82, 2.24) is 20.6 Å². The number of thiazole rings is 1. The molecule has 1 aromatic carbocycles. The van der Waals surface area contributed by atoms with Gasteiger partial charge in [-0.1, -0.05) is 6.07 Å². The Morgan fingerprint density at radius 1 is 1.11 bits per heavy atom. The Morgan fingerprint density at radius 2 is 1.97 bits per heavy atom. The molecule has 198 valence electrons. The maximum atomic E-state index is 12.8. The predicted octanol–water partition coefficient (Wildman–Crippen LogP) is 4.26. The largest absolute Gasteiger partial charge is 0.383 e. The molecule has 0 unspecified atom stereocenters. The van der Waals surface area contributed by atoms with Crippen LogP contribution in [0.2, 0.25) is 0 Å². The third kappa shape index (κ3) is 6.08. The number of hydrogen-bond acceptors (Lipinski definition) is 9. The summed E-state index contributed by atoms with van der Waals surface area (Å²) in [5, 5.41) is 14.3. The van der Waals surface area contributed by atoms with Crippen LogP contribution in [0, 0.1) is 0 Å². The van der Waals surface area contributed by atoms with E-state index in [-0.39, 0.29) is 11.8 Å². The Labute approximate surface area is 229 Å². The Kier molecular flexibility index (Phi) is 8.40. The standard InChI is InChI=1S/C27H30N6O3S2/c1-16(34)31-23-14-18(5-10-30-23)17-3-4-20-21(13-17)37-26(32-20)25-19-6-8-29-15-22(19)38-27(25)33-24(35)7-9-28-11-12-36-2/h3-5,10,13-14,28-29H,6-9,11-12,15H2,1-2H3,(H,33,35)(H,30,31,34). The second kappa shape index (κ2) is 12.1. The number of anilines is 2. The molecule has 0 atom stereocenters. The highest BCUT2D eigenvalue weighted by molar-refractivity contribution is 7.23. The van der Waals surface area contributed by atoms with Crippen LogP contribution in [0.1, 0.15) is 23.8 Å². The van der Waals surface area contributed by atoms with Crippen LogP contribution in [0.5, 0.6) is 0 Å². The van der Waals surface area contributed by atoms with E-state index in [1.54, 1.807) is 36.0 Å². The summed E-state index contributed by atoms with van der Waals surface area (Å²) in [6.07, 6.45) is 2.98. The van der Waals surface area contributed by atoms with Gasteiger partial charge in [0.1, 0.15) is 15.8 Å². The van der Waals surface area contributed by atoms with Crippen LogP contribution in [-0.2, 0) is 27.3 Å². The van der Waals surface area contributed by atoms with Crippen LogP contribution in [0.15, 0.2) is 36.5 Å². The Bertz CT molecular complexity index is 1460. The minimum absolute atomic E-state index is 0.0150. The number of thiophene rings is 1. The van der Waals surface area contributed by atoms with E-state index in [0.717, 1.165) is 63.0 Å². The lowest BCUT2D eigenvalue weighted by molar-refractivity contribution is -0.116. The molecule has 4 aromatic rings. The Balaban J connectivity index is 1.42. The lowest BCUT2D eigenvalue weighted by atomic mass is 10.0. The summed E-state index contributed by atoms with van der Waals surface area (Å²) in [7, 11) is 1.66. The Morgan fingerprint density at radius 3 is 2.82 bits per heavy atom. The zero-order valence-corrected chi connectivity index (χ0v) is 23.0. The Hall–Kier alpha value is -3.22. The molecule has 4 heterocycles. The van der Waals surface area contributed by atoms with E-state index < -0.39 is 0 Å². The number of pyridine rings is 1. The summed E-state index contributed by atoms with van der Waals surface area (Å²) in [5.41, 5.74) is 5.22. The van der Waals surface area contributed by atoms with Gasteiger partial charge in [0.15, 0.2) is 0 Å². The summed E-state index contributed by atoms with van der Waals surface area (Å²) < 4.78 is 6.10. The zero-order valence-electron chi connectivity index (χ0n) is 21.3. The molecule has 5 rings (SSSR count).